The fourth-order valence-electron chi connectivity index (χ4n) is 2.08. The number of methoxy groups -OCH3 is 1. The molecule has 21 heavy (non-hydrogen) atoms. The van der Waals surface area contributed by atoms with Crippen molar-refractivity contribution in [2.24, 2.45) is 0 Å². The number of hydrogen-bond donors (Lipinski definition) is 1. The molecule has 1 N–H and O–H groups in total. The van der Waals surface area contributed by atoms with E-state index in [1.54, 1.807) is 25.3 Å². The van der Waals surface area contributed by atoms with E-state index < -0.39 is 0 Å². The zero-order valence-corrected chi connectivity index (χ0v) is 11.9. The van der Waals surface area contributed by atoms with Crippen LogP contribution in [-0.2, 0) is 17.8 Å². The Morgan fingerprint density at radius 1 is 1.14 bits per heavy atom. The van der Waals surface area contributed by atoms with Crippen LogP contribution in [0.15, 0.2) is 48.5 Å². The summed E-state index contributed by atoms with van der Waals surface area (Å²) in [5, 5.41) is 2.83. The molecular weight excluding hydrogens is 269 g/mol. The van der Waals surface area contributed by atoms with Crippen molar-refractivity contribution in [3.63, 3.8) is 0 Å². The number of amides is 1. The number of nitrogens with one attached hydrogen (secondary N) is 1. The van der Waals surface area contributed by atoms with Gasteiger partial charge in [0.1, 0.15) is 5.82 Å². The molecule has 0 aromatic heterocycles. The van der Waals surface area contributed by atoms with E-state index in [-0.39, 0.29) is 11.7 Å². The Bertz CT molecular complexity index is 613. The number of hydrogen-bond acceptors (Lipinski definition) is 2. The molecular formula is C17H18FNO2. The molecule has 0 saturated carbocycles. The number of carbonyl (C=O) groups excluding carboxylic acids is 1. The average Bonchev–Trinajstić information content (AvgIpc) is 2.48. The number of ether oxygens (including phenoxy) is 1. The third-order valence-electron chi connectivity index (χ3n) is 3.09. The van der Waals surface area contributed by atoms with Crippen LogP contribution < -0.4 is 5.32 Å². The molecule has 110 valence electrons. The molecule has 2 rings (SSSR count). The van der Waals surface area contributed by atoms with Crippen LogP contribution >= 0.6 is 0 Å². The number of benzene rings is 2. The minimum atomic E-state index is -0.258. The summed E-state index contributed by atoms with van der Waals surface area (Å²) in [6.45, 7) is 0.946. The van der Waals surface area contributed by atoms with E-state index >= 15 is 0 Å². The van der Waals surface area contributed by atoms with Gasteiger partial charge in [0.15, 0.2) is 0 Å². The van der Waals surface area contributed by atoms with Crippen LogP contribution in [0.1, 0.15) is 21.5 Å². The molecule has 0 atom stereocenters. The molecule has 0 fully saturated rings. The molecule has 4 heteroatoms. The fraction of sp³-hybridized carbons (Fsp3) is 0.235. The summed E-state index contributed by atoms with van der Waals surface area (Å²) in [4.78, 5) is 12.0. The van der Waals surface area contributed by atoms with Crippen molar-refractivity contribution in [2.75, 3.05) is 13.7 Å². The van der Waals surface area contributed by atoms with Crippen molar-refractivity contribution >= 4 is 5.91 Å². The highest BCUT2D eigenvalue weighted by Crippen LogP contribution is 2.07. The third kappa shape index (κ3) is 4.68. The van der Waals surface area contributed by atoms with Gasteiger partial charge in [-0.15, -0.1) is 0 Å². The van der Waals surface area contributed by atoms with Crippen molar-refractivity contribution in [1.82, 2.24) is 5.32 Å². The van der Waals surface area contributed by atoms with Crippen LogP contribution in [-0.4, -0.2) is 19.6 Å². The van der Waals surface area contributed by atoms with Gasteiger partial charge >= 0.3 is 0 Å². The van der Waals surface area contributed by atoms with Gasteiger partial charge in [0.05, 0.1) is 6.61 Å². The Morgan fingerprint density at radius 3 is 2.67 bits per heavy atom. The molecule has 0 bridgehead atoms. The summed E-state index contributed by atoms with van der Waals surface area (Å²) >= 11 is 0. The first-order chi connectivity index (χ1) is 10.2. The van der Waals surface area contributed by atoms with Gasteiger partial charge in [-0.05, 0) is 41.8 Å². The Kier molecular flexibility index (Phi) is 5.46. The molecule has 0 unspecified atom stereocenters. The first kappa shape index (κ1) is 15.2. The van der Waals surface area contributed by atoms with Crippen LogP contribution in [0.3, 0.4) is 0 Å². The summed E-state index contributed by atoms with van der Waals surface area (Å²) in [6.07, 6.45) is 0.598. The molecule has 1 amide bonds. The van der Waals surface area contributed by atoms with E-state index in [2.05, 4.69) is 5.32 Å². The van der Waals surface area contributed by atoms with E-state index in [0.29, 0.717) is 25.1 Å². The SMILES string of the molecule is COCc1cccc(C(=O)NCCc2cccc(F)c2)c1. The van der Waals surface area contributed by atoms with Crippen LogP contribution in [0.5, 0.6) is 0 Å². The van der Waals surface area contributed by atoms with Crippen molar-refractivity contribution in [3.05, 3.63) is 71.0 Å². The lowest BCUT2D eigenvalue weighted by Gasteiger charge is -2.07. The Balaban J connectivity index is 1.88. The maximum Gasteiger partial charge on any atom is 0.251 e. The van der Waals surface area contributed by atoms with Crippen LogP contribution in [0.4, 0.5) is 4.39 Å². The number of halogens is 1. The quantitative estimate of drug-likeness (QED) is 0.887. The Hall–Kier alpha value is -2.20. The van der Waals surface area contributed by atoms with Crippen molar-refractivity contribution < 1.29 is 13.9 Å². The van der Waals surface area contributed by atoms with E-state index in [1.807, 2.05) is 18.2 Å². The first-order valence-electron chi connectivity index (χ1n) is 6.79. The number of carbonyl (C=O) groups is 1. The average molecular weight is 287 g/mol. The highest BCUT2D eigenvalue weighted by Gasteiger charge is 2.06. The van der Waals surface area contributed by atoms with Gasteiger partial charge < -0.3 is 10.1 Å². The summed E-state index contributed by atoms with van der Waals surface area (Å²) in [5.41, 5.74) is 2.42. The van der Waals surface area contributed by atoms with Gasteiger partial charge in [-0.3, -0.25) is 4.79 Å². The van der Waals surface area contributed by atoms with Crippen molar-refractivity contribution in [3.8, 4) is 0 Å². The molecule has 2 aromatic rings. The van der Waals surface area contributed by atoms with Gasteiger partial charge in [0, 0.05) is 19.2 Å². The van der Waals surface area contributed by atoms with E-state index in [9.17, 15) is 9.18 Å². The number of rotatable bonds is 6. The largest absolute Gasteiger partial charge is 0.380 e. The Morgan fingerprint density at radius 2 is 1.90 bits per heavy atom. The Labute approximate surface area is 123 Å². The van der Waals surface area contributed by atoms with E-state index in [4.69, 9.17) is 4.74 Å². The highest BCUT2D eigenvalue weighted by molar-refractivity contribution is 5.94. The van der Waals surface area contributed by atoms with E-state index in [0.717, 1.165) is 11.1 Å². The lowest BCUT2D eigenvalue weighted by molar-refractivity contribution is 0.0954. The normalized spacial score (nSPS) is 10.4. The second-order valence-corrected chi connectivity index (χ2v) is 4.77. The summed E-state index contributed by atoms with van der Waals surface area (Å²) in [7, 11) is 1.62. The summed E-state index contributed by atoms with van der Waals surface area (Å²) < 4.78 is 18.1. The third-order valence-corrected chi connectivity index (χ3v) is 3.09. The topological polar surface area (TPSA) is 38.3 Å². The van der Waals surface area contributed by atoms with Gasteiger partial charge in [-0.2, -0.15) is 0 Å². The van der Waals surface area contributed by atoms with Crippen LogP contribution in [0.25, 0.3) is 0 Å². The maximum atomic E-state index is 13.0. The van der Waals surface area contributed by atoms with Gasteiger partial charge in [-0.1, -0.05) is 24.3 Å². The van der Waals surface area contributed by atoms with Crippen LogP contribution in [0.2, 0.25) is 0 Å². The molecule has 2 aromatic carbocycles. The predicted molar refractivity (Wildman–Crippen MR) is 79.6 cm³/mol. The monoisotopic (exact) mass is 287 g/mol. The van der Waals surface area contributed by atoms with Crippen LogP contribution in [0, 0.1) is 5.82 Å². The summed E-state index contributed by atoms with van der Waals surface area (Å²) in [5.74, 6) is -0.393. The second kappa shape index (κ2) is 7.55. The standard InChI is InChI=1S/C17H18FNO2/c1-21-12-14-5-2-6-15(10-14)17(20)19-9-8-13-4-3-7-16(18)11-13/h2-7,10-11H,8-9,12H2,1H3,(H,19,20). The molecule has 0 aliphatic heterocycles. The summed E-state index contributed by atoms with van der Waals surface area (Å²) in [6, 6.07) is 13.7. The van der Waals surface area contributed by atoms with Gasteiger partial charge in [-0.25, -0.2) is 4.39 Å². The zero-order valence-electron chi connectivity index (χ0n) is 11.9. The lowest BCUT2D eigenvalue weighted by Crippen LogP contribution is -2.25. The first-order valence-corrected chi connectivity index (χ1v) is 6.79. The van der Waals surface area contributed by atoms with E-state index in [1.165, 1.54) is 12.1 Å². The minimum absolute atomic E-state index is 0.135. The minimum Gasteiger partial charge on any atom is -0.380 e. The van der Waals surface area contributed by atoms with Gasteiger partial charge in [0.25, 0.3) is 5.91 Å². The van der Waals surface area contributed by atoms with Crippen molar-refractivity contribution in [2.45, 2.75) is 13.0 Å². The molecule has 3 nitrogen and oxygen atoms in total. The predicted octanol–water partition coefficient (Wildman–Crippen LogP) is 2.94. The second-order valence-electron chi connectivity index (χ2n) is 4.77. The van der Waals surface area contributed by atoms with Gasteiger partial charge in [0.2, 0.25) is 0 Å². The van der Waals surface area contributed by atoms with Crippen molar-refractivity contribution in [1.29, 1.82) is 0 Å². The molecule has 0 spiro atoms. The molecule has 0 aliphatic rings. The highest BCUT2D eigenvalue weighted by atomic mass is 19.1. The molecule has 0 saturated heterocycles. The fourth-order valence-corrected chi connectivity index (χ4v) is 2.08. The molecule has 0 heterocycles. The lowest BCUT2D eigenvalue weighted by atomic mass is 10.1. The molecule has 0 aliphatic carbocycles. The zero-order chi connectivity index (χ0) is 15.1. The smallest absolute Gasteiger partial charge is 0.251 e. The molecule has 0 radical (unpaired) electrons. The maximum absolute atomic E-state index is 13.0.